The van der Waals surface area contributed by atoms with Gasteiger partial charge in [0.25, 0.3) is 0 Å². The van der Waals surface area contributed by atoms with Crippen molar-refractivity contribution < 1.29 is 4.74 Å². The molecule has 1 atom stereocenters. The summed E-state index contributed by atoms with van der Waals surface area (Å²) in [6.07, 6.45) is 8.07. The lowest BCUT2D eigenvalue weighted by Crippen LogP contribution is -2.12. The summed E-state index contributed by atoms with van der Waals surface area (Å²) in [7, 11) is 0. The van der Waals surface area contributed by atoms with Crippen molar-refractivity contribution in [3.8, 4) is 23.1 Å². The van der Waals surface area contributed by atoms with Gasteiger partial charge in [0.1, 0.15) is 11.6 Å². The fourth-order valence-corrected chi connectivity index (χ4v) is 3.13. The highest BCUT2D eigenvalue weighted by Gasteiger charge is 2.13. The van der Waals surface area contributed by atoms with Crippen LogP contribution in [-0.2, 0) is 0 Å². The normalized spacial score (nSPS) is 12.1. The number of nitrogens with zero attached hydrogens (tertiary/aromatic N) is 4. The highest BCUT2D eigenvalue weighted by atomic mass is 16.5. The fourth-order valence-electron chi connectivity index (χ4n) is 3.13. The Labute approximate surface area is 153 Å². The molecule has 0 aliphatic rings. The number of fused-ring (bicyclic) bond motifs is 1. The van der Waals surface area contributed by atoms with Crippen molar-refractivity contribution >= 4 is 10.9 Å². The molecule has 3 heterocycles. The maximum atomic E-state index is 9.52. The summed E-state index contributed by atoms with van der Waals surface area (Å²) < 4.78 is 5.81. The largest absolute Gasteiger partial charge is 0.476 e. The van der Waals surface area contributed by atoms with Crippen LogP contribution in [0.1, 0.15) is 32.8 Å². The Hall–Kier alpha value is -3.00. The Morgan fingerprint density at radius 2 is 1.96 bits per heavy atom. The molecule has 5 heteroatoms. The third kappa shape index (κ3) is 3.97. The van der Waals surface area contributed by atoms with Crippen molar-refractivity contribution in [2.45, 2.75) is 27.2 Å². The molecule has 3 aromatic rings. The van der Waals surface area contributed by atoms with Gasteiger partial charge in [-0.2, -0.15) is 5.26 Å². The lowest BCUT2D eigenvalue weighted by molar-refractivity contribution is 0.231. The summed E-state index contributed by atoms with van der Waals surface area (Å²) in [5, 5.41) is 10.4. The van der Waals surface area contributed by atoms with E-state index >= 15 is 0 Å². The van der Waals surface area contributed by atoms with Gasteiger partial charge in [-0.15, -0.1) is 0 Å². The minimum atomic E-state index is 0.392. The van der Waals surface area contributed by atoms with Gasteiger partial charge in [-0.25, -0.2) is 4.98 Å². The van der Waals surface area contributed by atoms with Crippen LogP contribution in [0, 0.1) is 23.2 Å². The van der Waals surface area contributed by atoms with Gasteiger partial charge in [0.15, 0.2) is 0 Å². The van der Waals surface area contributed by atoms with Gasteiger partial charge in [-0.05, 0) is 42.0 Å². The molecular weight excluding hydrogens is 324 g/mol. The summed E-state index contributed by atoms with van der Waals surface area (Å²) in [6.45, 7) is 7.09. The second-order valence-electron chi connectivity index (χ2n) is 6.99. The smallest absolute Gasteiger partial charge is 0.231 e. The number of ether oxygens (including phenoxy) is 1. The Bertz CT molecular complexity index is 941. The molecule has 0 N–H and O–H groups in total. The summed E-state index contributed by atoms with van der Waals surface area (Å²) >= 11 is 0. The van der Waals surface area contributed by atoms with E-state index in [-0.39, 0.29) is 0 Å². The van der Waals surface area contributed by atoms with Crippen LogP contribution >= 0.6 is 0 Å². The average molecular weight is 346 g/mol. The molecule has 0 saturated carbocycles. The lowest BCUT2D eigenvalue weighted by atomic mass is 10.00. The molecule has 0 fully saturated rings. The van der Waals surface area contributed by atoms with Crippen molar-refractivity contribution in [3.63, 3.8) is 0 Å². The minimum Gasteiger partial charge on any atom is -0.476 e. The lowest BCUT2D eigenvalue weighted by Gasteiger charge is -2.15. The van der Waals surface area contributed by atoms with Crippen LogP contribution in [0.5, 0.6) is 5.88 Å². The van der Waals surface area contributed by atoms with Gasteiger partial charge in [-0.1, -0.05) is 20.8 Å². The second kappa shape index (κ2) is 7.92. The quantitative estimate of drug-likeness (QED) is 0.651. The number of pyridine rings is 3. The van der Waals surface area contributed by atoms with Crippen LogP contribution in [0.25, 0.3) is 22.0 Å². The van der Waals surface area contributed by atoms with Crippen molar-refractivity contribution in [1.29, 1.82) is 5.26 Å². The summed E-state index contributed by atoms with van der Waals surface area (Å²) in [6, 6.07) is 7.79. The van der Waals surface area contributed by atoms with E-state index in [0.717, 1.165) is 28.5 Å². The third-order valence-electron chi connectivity index (χ3n) is 4.20. The van der Waals surface area contributed by atoms with E-state index in [2.05, 4.69) is 41.8 Å². The molecule has 26 heavy (non-hydrogen) atoms. The number of nitriles is 1. The first kappa shape index (κ1) is 17.8. The van der Waals surface area contributed by atoms with E-state index in [4.69, 9.17) is 4.74 Å². The molecule has 0 aliphatic heterocycles. The summed E-state index contributed by atoms with van der Waals surface area (Å²) in [5.41, 5.74) is 3.10. The Kier molecular flexibility index (Phi) is 5.43. The van der Waals surface area contributed by atoms with E-state index < -0.39 is 0 Å². The molecule has 3 rings (SSSR count). The SMILES string of the molecule is CC(C)C[C@@H](C)COc1ncc(-c2ccnc3ccncc23)cc1C#N. The molecule has 0 spiro atoms. The zero-order valence-electron chi connectivity index (χ0n) is 15.3. The van der Waals surface area contributed by atoms with Gasteiger partial charge in [-0.3, -0.25) is 9.97 Å². The number of rotatable bonds is 6. The first-order chi connectivity index (χ1) is 12.6. The van der Waals surface area contributed by atoms with Crippen LogP contribution in [0.2, 0.25) is 0 Å². The van der Waals surface area contributed by atoms with Crippen molar-refractivity contribution in [3.05, 3.63) is 48.5 Å². The predicted octanol–water partition coefficient (Wildman–Crippen LogP) is 4.62. The third-order valence-corrected chi connectivity index (χ3v) is 4.20. The summed E-state index contributed by atoms with van der Waals surface area (Å²) in [5.74, 6) is 1.43. The fraction of sp³-hybridized carbons (Fsp3) is 0.333. The molecule has 0 aliphatic carbocycles. The van der Waals surface area contributed by atoms with Crippen LogP contribution in [-0.4, -0.2) is 21.6 Å². The maximum absolute atomic E-state index is 9.52. The number of aromatic nitrogens is 3. The van der Waals surface area contributed by atoms with Crippen LogP contribution in [0.3, 0.4) is 0 Å². The Morgan fingerprint density at radius 1 is 1.12 bits per heavy atom. The van der Waals surface area contributed by atoms with Crippen molar-refractivity contribution in [1.82, 2.24) is 15.0 Å². The molecule has 0 amide bonds. The Morgan fingerprint density at radius 3 is 2.73 bits per heavy atom. The minimum absolute atomic E-state index is 0.392. The Balaban J connectivity index is 1.88. The second-order valence-corrected chi connectivity index (χ2v) is 6.99. The van der Waals surface area contributed by atoms with Crippen LogP contribution in [0.4, 0.5) is 0 Å². The van der Waals surface area contributed by atoms with Crippen molar-refractivity contribution in [2.24, 2.45) is 11.8 Å². The molecule has 0 bridgehead atoms. The van der Waals surface area contributed by atoms with Crippen molar-refractivity contribution in [2.75, 3.05) is 6.61 Å². The van der Waals surface area contributed by atoms with E-state index in [1.54, 1.807) is 24.8 Å². The van der Waals surface area contributed by atoms with Gasteiger partial charge >= 0.3 is 0 Å². The standard InChI is InChI=1S/C21H22N4O/c1-14(2)8-15(3)13-26-21-16(10-22)9-17(11-25-21)18-4-7-24-20-5-6-23-12-19(18)20/h4-7,9,11-12,14-15H,8,13H2,1-3H3/t15-/m1/s1. The highest BCUT2D eigenvalue weighted by molar-refractivity contribution is 5.93. The average Bonchev–Trinajstić information content (AvgIpc) is 2.65. The molecule has 0 unspecified atom stereocenters. The molecule has 3 aromatic heterocycles. The van der Waals surface area contributed by atoms with Crippen LogP contribution < -0.4 is 4.74 Å². The molecule has 5 nitrogen and oxygen atoms in total. The first-order valence-corrected chi connectivity index (χ1v) is 8.80. The molecule has 0 radical (unpaired) electrons. The highest BCUT2D eigenvalue weighted by Crippen LogP contribution is 2.29. The molecule has 132 valence electrons. The number of hydrogen-bond donors (Lipinski definition) is 0. The van der Waals surface area contributed by atoms with E-state index in [0.29, 0.717) is 29.9 Å². The van der Waals surface area contributed by atoms with E-state index in [1.165, 1.54) is 0 Å². The number of hydrogen-bond acceptors (Lipinski definition) is 5. The molecule has 0 aromatic carbocycles. The van der Waals surface area contributed by atoms with Gasteiger partial charge < -0.3 is 4.74 Å². The van der Waals surface area contributed by atoms with Crippen LogP contribution in [0.15, 0.2) is 43.0 Å². The summed E-state index contributed by atoms with van der Waals surface area (Å²) in [4.78, 5) is 12.9. The van der Waals surface area contributed by atoms with Gasteiger partial charge in [0.2, 0.25) is 5.88 Å². The molecule has 0 saturated heterocycles. The van der Waals surface area contributed by atoms with E-state index in [9.17, 15) is 5.26 Å². The zero-order chi connectivity index (χ0) is 18.5. The first-order valence-electron chi connectivity index (χ1n) is 8.80. The zero-order valence-corrected chi connectivity index (χ0v) is 15.3. The topological polar surface area (TPSA) is 71.7 Å². The maximum Gasteiger partial charge on any atom is 0.231 e. The predicted molar refractivity (Wildman–Crippen MR) is 102 cm³/mol. The molecular formula is C21H22N4O. The monoisotopic (exact) mass is 346 g/mol. The van der Waals surface area contributed by atoms with Gasteiger partial charge in [0.05, 0.1) is 12.1 Å². The van der Waals surface area contributed by atoms with Gasteiger partial charge in [0, 0.05) is 35.7 Å². The van der Waals surface area contributed by atoms with E-state index in [1.807, 2.05) is 18.2 Å².